The van der Waals surface area contributed by atoms with Crippen LogP contribution in [0.4, 0.5) is 0 Å². The van der Waals surface area contributed by atoms with Gasteiger partial charge in [-0.25, -0.2) is 4.99 Å². The molecule has 0 aliphatic heterocycles. The average Bonchev–Trinajstić information content (AvgIpc) is 1.97. The summed E-state index contributed by atoms with van der Waals surface area (Å²) in [7, 11) is 0. The minimum atomic E-state index is 0.438. The Morgan fingerprint density at radius 2 is 2.36 bits per heavy atom. The van der Waals surface area contributed by atoms with Gasteiger partial charge in [-0.1, -0.05) is 18.2 Å². The molecular weight excluding hydrogens is 138 g/mol. The van der Waals surface area contributed by atoms with Crippen LogP contribution in [0.5, 0.6) is 0 Å². The largest absolute Gasteiger partial charge is 0.370 e. The Kier molecular flexibility index (Phi) is 4.90. The summed E-state index contributed by atoms with van der Waals surface area (Å²) in [6.07, 6.45) is 1.73. The van der Waals surface area contributed by atoms with E-state index in [1.54, 1.807) is 6.08 Å². The summed E-state index contributed by atoms with van der Waals surface area (Å²) in [5.41, 5.74) is 6.45. The average molecular weight is 153 g/mol. The van der Waals surface area contributed by atoms with Crippen molar-refractivity contribution in [1.29, 1.82) is 0 Å². The van der Waals surface area contributed by atoms with Gasteiger partial charge in [0.05, 0.1) is 6.54 Å². The van der Waals surface area contributed by atoms with Crippen LogP contribution in [-0.2, 0) is 0 Å². The van der Waals surface area contributed by atoms with E-state index >= 15 is 0 Å². The lowest BCUT2D eigenvalue weighted by Gasteiger charge is -2.00. The SMILES string of the molecule is C=CCNC(N)=NCC(=C)C. The molecule has 0 aliphatic carbocycles. The zero-order valence-electron chi connectivity index (χ0n) is 6.93. The van der Waals surface area contributed by atoms with Crippen LogP contribution >= 0.6 is 0 Å². The lowest BCUT2D eigenvalue weighted by atomic mass is 10.4. The summed E-state index contributed by atoms with van der Waals surface area (Å²) >= 11 is 0. The fourth-order valence-electron chi connectivity index (χ4n) is 0.453. The zero-order valence-corrected chi connectivity index (χ0v) is 6.93. The van der Waals surface area contributed by atoms with Gasteiger partial charge in [-0.3, -0.25) is 0 Å². The van der Waals surface area contributed by atoms with Gasteiger partial charge in [-0.15, -0.1) is 6.58 Å². The van der Waals surface area contributed by atoms with Gasteiger partial charge in [-0.2, -0.15) is 0 Å². The Labute approximate surface area is 67.7 Å². The topological polar surface area (TPSA) is 50.4 Å². The third-order valence-corrected chi connectivity index (χ3v) is 0.947. The van der Waals surface area contributed by atoms with E-state index in [1.807, 2.05) is 6.92 Å². The highest BCUT2D eigenvalue weighted by molar-refractivity contribution is 5.78. The summed E-state index contributed by atoms with van der Waals surface area (Å²) < 4.78 is 0. The van der Waals surface area contributed by atoms with Gasteiger partial charge in [0.1, 0.15) is 0 Å². The first kappa shape index (κ1) is 9.75. The van der Waals surface area contributed by atoms with E-state index in [0.29, 0.717) is 19.0 Å². The van der Waals surface area contributed by atoms with Crippen molar-refractivity contribution in [1.82, 2.24) is 5.32 Å². The number of nitrogens with two attached hydrogens (primary N) is 1. The molecule has 3 heteroatoms. The number of guanidine groups is 1. The summed E-state index contributed by atoms with van der Waals surface area (Å²) in [5, 5.41) is 2.86. The van der Waals surface area contributed by atoms with E-state index in [0.717, 1.165) is 5.57 Å². The molecule has 0 aromatic rings. The molecule has 0 radical (unpaired) electrons. The highest BCUT2D eigenvalue weighted by Crippen LogP contribution is 1.85. The maximum Gasteiger partial charge on any atom is 0.189 e. The Morgan fingerprint density at radius 3 is 2.82 bits per heavy atom. The number of rotatable bonds is 4. The highest BCUT2D eigenvalue weighted by Gasteiger charge is 1.86. The molecule has 0 rings (SSSR count). The molecule has 62 valence electrons. The zero-order chi connectivity index (χ0) is 8.69. The lowest BCUT2D eigenvalue weighted by molar-refractivity contribution is 0.995. The Bertz CT molecular complexity index is 170. The summed E-state index contributed by atoms with van der Waals surface area (Å²) in [6.45, 7) is 10.4. The molecular formula is C8H15N3. The van der Waals surface area contributed by atoms with Crippen molar-refractivity contribution < 1.29 is 0 Å². The molecule has 11 heavy (non-hydrogen) atoms. The summed E-state index contributed by atoms with van der Waals surface area (Å²) in [5.74, 6) is 0.438. The molecule has 0 aromatic carbocycles. The first-order valence-corrected chi connectivity index (χ1v) is 3.46. The van der Waals surface area contributed by atoms with Crippen LogP contribution in [-0.4, -0.2) is 19.0 Å². The second kappa shape index (κ2) is 5.53. The smallest absolute Gasteiger partial charge is 0.189 e. The van der Waals surface area contributed by atoms with Gasteiger partial charge < -0.3 is 11.1 Å². The third kappa shape index (κ3) is 6.64. The predicted molar refractivity (Wildman–Crippen MR) is 49.5 cm³/mol. The van der Waals surface area contributed by atoms with Crippen molar-refractivity contribution in [2.24, 2.45) is 10.7 Å². The highest BCUT2D eigenvalue weighted by atomic mass is 15.1. The van der Waals surface area contributed by atoms with Crippen LogP contribution in [0.3, 0.4) is 0 Å². The molecule has 0 saturated heterocycles. The molecule has 3 nitrogen and oxygen atoms in total. The van der Waals surface area contributed by atoms with Crippen molar-refractivity contribution >= 4 is 5.96 Å². The van der Waals surface area contributed by atoms with Crippen molar-refractivity contribution in [3.05, 3.63) is 24.8 Å². The third-order valence-electron chi connectivity index (χ3n) is 0.947. The fraction of sp³-hybridized carbons (Fsp3) is 0.375. The summed E-state index contributed by atoms with van der Waals surface area (Å²) in [4.78, 5) is 4.00. The molecule has 0 unspecified atom stereocenters. The lowest BCUT2D eigenvalue weighted by Crippen LogP contribution is -2.31. The molecule has 0 bridgehead atoms. The van der Waals surface area contributed by atoms with E-state index < -0.39 is 0 Å². The Morgan fingerprint density at radius 1 is 1.73 bits per heavy atom. The molecule has 0 atom stereocenters. The van der Waals surface area contributed by atoms with E-state index in [2.05, 4.69) is 23.5 Å². The van der Waals surface area contributed by atoms with E-state index in [-0.39, 0.29) is 0 Å². The normalized spacial score (nSPS) is 10.8. The molecule has 0 heterocycles. The second-order valence-electron chi connectivity index (χ2n) is 2.33. The molecule has 0 saturated carbocycles. The van der Waals surface area contributed by atoms with Gasteiger partial charge in [0, 0.05) is 6.54 Å². The van der Waals surface area contributed by atoms with E-state index in [9.17, 15) is 0 Å². The Balaban J connectivity index is 3.62. The van der Waals surface area contributed by atoms with Crippen LogP contribution in [0.15, 0.2) is 29.8 Å². The minimum absolute atomic E-state index is 0.438. The van der Waals surface area contributed by atoms with Crippen molar-refractivity contribution in [2.75, 3.05) is 13.1 Å². The first-order valence-electron chi connectivity index (χ1n) is 3.46. The molecule has 0 aromatic heterocycles. The predicted octanol–water partition coefficient (Wildman–Crippen LogP) is 0.653. The van der Waals surface area contributed by atoms with Crippen LogP contribution in [0.2, 0.25) is 0 Å². The van der Waals surface area contributed by atoms with Gasteiger partial charge in [0.2, 0.25) is 0 Å². The molecule has 3 N–H and O–H groups in total. The molecule has 0 fully saturated rings. The maximum atomic E-state index is 5.46. The van der Waals surface area contributed by atoms with Gasteiger partial charge in [-0.05, 0) is 6.92 Å². The Hall–Kier alpha value is -1.25. The number of aliphatic imine (C=N–C) groups is 1. The molecule has 0 aliphatic rings. The van der Waals surface area contributed by atoms with Crippen LogP contribution < -0.4 is 11.1 Å². The minimum Gasteiger partial charge on any atom is -0.370 e. The fourth-order valence-corrected chi connectivity index (χ4v) is 0.453. The molecule has 0 spiro atoms. The van der Waals surface area contributed by atoms with Crippen molar-refractivity contribution in [3.63, 3.8) is 0 Å². The monoisotopic (exact) mass is 153 g/mol. The van der Waals surface area contributed by atoms with E-state index in [4.69, 9.17) is 5.73 Å². The maximum absolute atomic E-state index is 5.46. The second-order valence-corrected chi connectivity index (χ2v) is 2.33. The number of nitrogens with one attached hydrogen (secondary N) is 1. The number of hydrogen-bond donors (Lipinski definition) is 2. The molecule has 0 amide bonds. The van der Waals surface area contributed by atoms with Crippen LogP contribution in [0.1, 0.15) is 6.92 Å². The van der Waals surface area contributed by atoms with Crippen LogP contribution in [0.25, 0.3) is 0 Å². The standard InChI is InChI=1S/C8H15N3/c1-4-5-10-8(9)11-6-7(2)3/h4H,1-2,5-6H2,3H3,(H3,9,10,11). The van der Waals surface area contributed by atoms with Gasteiger partial charge >= 0.3 is 0 Å². The first-order chi connectivity index (χ1) is 5.16. The quantitative estimate of drug-likeness (QED) is 0.354. The number of nitrogens with zero attached hydrogens (tertiary/aromatic N) is 1. The summed E-state index contributed by atoms with van der Waals surface area (Å²) in [6, 6.07) is 0. The van der Waals surface area contributed by atoms with Gasteiger partial charge in [0.15, 0.2) is 5.96 Å². The van der Waals surface area contributed by atoms with Gasteiger partial charge in [0.25, 0.3) is 0 Å². The van der Waals surface area contributed by atoms with E-state index in [1.165, 1.54) is 0 Å². The number of hydrogen-bond acceptors (Lipinski definition) is 1. The van der Waals surface area contributed by atoms with Crippen LogP contribution in [0, 0.1) is 0 Å². The van der Waals surface area contributed by atoms with Crippen molar-refractivity contribution in [2.45, 2.75) is 6.92 Å². The van der Waals surface area contributed by atoms with Crippen molar-refractivity contribution in [3.8, 4) is 0 Å².